The molecule has 4 nitrogen and oxygen atoms in total. The molecular formula is C14H19F3N2O2. The van der Waals surface area contributed by atoms with Crippen LogP contribution in [-0.4, -0.2) is 31.8 Å². The molecule has 1 aromatic rings. The van der Waals surface area contributed by atoms with E-state index in [1.54, 1.807) is 24.3 Å². The average molecular weight is 304 g/mol. The first-order chi connectivity index (χ1) is 9.83. The summed E-state index contributed by atoms with van der Waals surface area (Å²) >= 11 is 0. The van der Waals surface area contributed by atoms with E-state index in [4.69, 9.17) is 5.73 Å². The highest BCUT2D eigenvalue weighted by molar-refractivity contribution is 5.93. The molecule has 2 N–H and O–H groups in total. The number of benzene rings is 1. The molecule has 0 saturated carbocycles. The van der Waals surface area contributed by atoms with E-state index in [9.17, 15) is 18.0 Å². The molecule has 0 spiro atoms. The fourth-order valence-corrected chi connectivity index (χ4v) is 1.80. The van der Waals surface area contributed by atoms with Crippen molar-refractivity contribution in [2.24, 2.45) is 0 Å². The number of anilines is 2. The highest BCUT2D eigenvalue weighted by Crippen LogP contribution is 2.19. The van der Waals surface area contributed by atoms with E-state index in [1.807, 2.05) is 6.92 Å². The molecule has 1 amide bonds. The van der Waals surface area contributed by atoms with Crippen molar-refractivity contribution in [1.29, 1.82) is 0 Å². The van der Waals surface area contributed by atoms with Crippen LogP contribution < -0.4 is 10.6 Å². The van der Waals surface area contributed by atoms with E-state index >= 15 is 0 Å². The SMILES string of the molecule is CCCN(C(=O)CCOCC(F)(F)F)c1cccc(N)c1. The topological polar surface area (TPSA) is 55.6 Å². The molecule has 1 rings (SSSR count). The Labute approximate surface area is 121 Å². The number of amides is 1. The Bertz CT molecular complexity index is 464. The van der Waals surface area contributed by atoms with Crippen molar-refractivity contribution in [3.05, 3.63) is 24.3 Å². The van der Waals surface area contributed by atoms with Crippen LogP contribution in [-0.2, 0) is 9.53 Å². The third-order valence-electron chi connectivity index (χ3n) is 2.66. The Morgan fingerprint density at radius 2 is 2.10 bits per heavy atom. The smallest absolute Gasteiger partial charge is 0.399 e. The van der Waals surface area contributed by atoms with Gasteiger partial charge in [-0.15, -0.1) is 0 Å². The summed E-state index contributed by atoms with van der Waals surface area (Å²) in [4.78, 5) is 13.6. The fraction of sp³-hybridized carbons (Fsp3) is 0.500. The highest BCUT2D eigenvalue weighted by Gasteiger charge is 2.27. The van der Waals surface area contributed by atoms with Crippen LogP contribution in [0, 0.1) is 0 Å². The van der Waals surface area contributed by atoms with Gasteiger partial charge in [0.05, 0.1) is 13.0 Å². The van der Waals surface area contributed by atoms with Crippen molar-refractivity contribution in [3.63, 3.8) is 0 Å². The van der Waals surface area contributed by atoms with Crippen molar-refractivity contribution in [1.82, 2.24) is 0 Å². The summed E-state index contributed by atoms with van der Waals surface area (Å²) in [5.74, 6) is -0.287. The van der Waals surface area contributed by atoms with E-state index in [-0.39, 0.29) is 18.9 Å². The zero-order valence-corrected chi connectivity index (χ0v) is 11.8. The fourth-order valence-electron chi connectivity index (χ4n) is 1.80. The van der Waals surface area contributed by atoms with Gasteiger partial charge in [-0.1, -0.05) is 13.0 Å². The number of carbonyl (C=O) groups is 1. The van der Waals surface area contributed by atoms with Gasteiger partial charge in [-0.2, -0.15) is 13.2 Å². The number of alkyl halides is 3. The Kier molecular flexibility index (Phi) is 6.48. The first-order valence-electron chi connectivity index (χ1n) is 6.64. The molecule has 118 valence electrons. The first kappa shape index (κ1) is 17.3. The standard InChI is InChI=1S/C14H19F3N2O2/c1-2-7-19(12-5-3-4-11(18)9-12)13(20)6-8-21-10-14(15,16)17/h3-5,9H,2,6-8,10,18H2,1H3. The van der Waals surface area contributed by atoms with Crippen LogP contribution in [0.3, 0.4) is 0 Å². The second-order valence-corrected chi connectivity index (χ2v) is 4.56. The maximum atomic E-state index is 12.1. The number of carbonyl (C=O) groups excluding carboxylic acids is 1. The maximum absolute atomic E-state index is 12.1. The summed E-state index contributed by atoms with van der Waals surface area (Å²) in [5.41, 5.74) is 6.83. The van der Waals surface area contributed by atoms with Gasteiger partial charge in [-0.3, -0.25) is 4.79 Å². The number of halogens is 3. The molecule has 0 aliphatic rings. The zero-order valence-electron chi connectivity index (χ0n) is 11.8. The summed E-state index contributed by atoms with van der Waals surface area (Å²) in [6.45, 7) is 0.779. The van der Waals surface area contributed by atoms with E-state index in [0.717, 1.165) is 6.42 Å². The van der Waals surface area contributed by atoms with Gasteiger partial charge in [0.2, 0.25) is 5.91 Å². The lowest BCUT2D eigenvalue weighted by molar-refractivity contribution is -0.174. The van der Waals surface area contributed by atoms with Crippen molar-refractivity contribution >= 4 is 17.3 Å². The summed E-state index contributed by atoms with van der Waals surface area (Å²) < 4.78 is 40.3. The Morgan fingerprint density at radius 1 is 1.38 bits per heavy atom. The third-order valence-corrected chi connectivity index (χ3v) is 2.66. The van der Waals surface area contributed by atoms with E-state index in [0.29, 0.717) is 17.9 Å². The monoisotopic (exact) mass is 304 g/mol. The lowest BCUT2D eigenvalue weighted by Crippen LogP contribution is -2.32. The average Bonchev–Trinajstić information content (AvgIpc) is 2.39. The van der Waals surface area contributed by atoms with Gasteiger partial charge < -0.3 is 15.4 Å². The number of nitrogens with two attached hydrogens (primary N) is 1. The molecule has 0 aromatic heterocycles. The normalized spacial score (nSPS) is 11.4. The number of hydrogen-bond donors (Lipinski definition) is 1. The lowest BCUT2D eigenvalue weighted by atomic mass is 10.2. The Hall–Kier alpha value is -1.76. The lowest BCUT2D eigenvalue weighted by Gasteiger charge is -2.22. The van der Waals surface area contributed by atoms with Gasteiger partial charge in [-0.25, -0.2) is 0 Å². The summed E-state index contributed by atoms with van der Waals surface area (Å²) in [5, 5.41) is 0. The molecule has 0 fully saturated rings. The number of nitrogen functional groups attached to an aromatic ring is 1. The van der Waals surface area contributed by atoms with E-state index < -0.39 is 12.8 Å². The highest BCUT2D eigenvalue weighted by atomic mass is 19.4. The molecule has 21 heavy (non-hydrogen) atoms. The largest absolute Gasteiger partial charge is 0.411 e. The summed E-state index contributed by atoms with van der Waals surface area (Å²) in [6.07, 6.45) is -3.76. The van der Waals surface area contributed by atoms with Gasteiger partial charge in [-0.05, 0) is 24.6 Å². The molecule has 0 aliphatic heterocycles. The summed E-state index contributed by atoms with van der Waals surface area (Å²) in [6, 6.07) is 6.82. The predicted octanol–water partition coefficient (Wildman–Crippen LogP) is 2.98. The van der Waals surface area contributed by atoms with Crippen LogP contribution in [0.4, 0.5) is 24.5 Å². The van der Waals surface area contributed by atoms with E-state index in [2.05, 4.69) is 4.74 Å². The van der Waals surface area contributed by atoms with Crippen LogP contribution in [0.2, 0.25) is 0 Å². The molecule has 1 aromatic carbocycles. The maximum Gasteiger partial charge on any atom is 0.411 e. The van der Waals surface area contributed by atoms with Crippen LogP contribution in [0.25, 0.3) is 0 Å². The van der Waals surface area contributed by atoms with Crippen LogP contribution >= 0.6 is 0 Å². The second kappa shape index (κ2) is 7.87. The minimum atomic E-state index is -4.37. The van der Waals surface area contributed by atoms with Crippen molar-refractivity contribution in [2.45, 2.75) is 25.9 Å². The zero-order chi connectivity index (χ0) is 15.9. The number of nitrogens with zero attached hydrogens (tertiary/aromatic N) is 1. The molecule has 0 bridgehead atoms. The number of rotatable bonds is 7. The molecule has 0 unspecified atom stereocenters. The Balaban J connectivity index is 2.58. The molecule has 0 atom stereocenters. The van der Waals surface area contributed by atoms with Crippen molar-refractivity contribution < 1.29 is 22.7 Å². The first-order valence-corrected chi connectivity index (χ1v) is 6.64. The van der Waals surface area contributed by atoms with Gasteiger partial charge >= 0.3 is 6.18 Å². The van der Waals surface area contributed by atoms with Crippen LogP contribution in [0.5, 0.6) is 0 Å². The van der Waals surface area contributed by atoms with Gasteiger partial charge in [0.25, 0.3) is 0 Å². The predicted molar refractivity (Wildman–Crippen MR) is 75.0 cm³/mol. The third kappa shape index (κ3) is 6.48. The van der Waals surface area contributed by atoms with Gasteiger partial charge in [0.1, 0.15) is 6.61 Å². The Morgan fingerprint density at radius 3 is 2.67 bits per heavy atom. The van der Waals surface area contributed by atoms with Gasteiger partial charge in [0, 0.05) is 17.9 Å². The molecule has 0 aliphatic carbocycles. The minimum absolute atomic E-state index is 0.106. The second-order valence-electron chi connectivity index (χ2n) is 4.56. The molecule has 7 heteroatoms. The van der Waals surface area contributed by atoms with E-state index in [1.165, 1.54) is 4.90 Å². The number of ether oxygens (including phenoxy) is 1. The van der Waals surface area contributed by atoms with Gasteiger partial charge in [0.15, 0.2) is 0 Å². The number of hydrogen-bond acceptors (Lipinski definition) is 3. The summed E-state index contributed by atoms with van der Waals surface area (Å²) in [7, 11) is 0. The van der Waals surface area contributed by atoms with Crippen molar-refractivity contribution in [3.8, 4) is 0 Å². The van der Waals surface area contributed by atoms with Crippen molar-refractivity contribution in [2.75, 3.05) is 30.4 Å². The van der Waals surface area contributed by atoms with Crippen LogP contribution in [0.1, 0.15) is 19.8 Å². The minimum Gasteiger partial charge on any atom is -0.399 e. The molecule has 0 saturated heterocycles. The molecular weight excluding hydrogens is 285 g/mol. The van der Waals surface area contributed by atoms with Crippen LogP contribution in [0.15, 0.2) is 24.3 Å². The molecule has 0 heterocycles. The quantitative estimate of drug-likeness (QED) is 0.622. The molecule has 0 radical (unpaired) electrons.